The highest BCUT2D eigenvalue weighted by molar-refractivity contribution is 5.84. The lowest BCUT2D eigenvalue weighted by Crippen LogP contribution is -2.39. The Morgan fingerprint density at radius 2 is 1.93 bits per heavy atom. The second-order valence-electron chi connectivity index (χ2n) is 7.95. The second-order valence-corrected chi connectivity index (χ2v) is 7.95. The largest absolute Gasteiger partial charge is 0.443 e. The summed E-state index contributed by atoms with van der Waals surface area (Å²) in [7, 11) is 3.43. The highest BCUT2D eigenvalue weighted by Crippen LogP contribution is 2.22. The first kappa shape index (κ1) is 21.5. The maximum atomic E-state index is 11.9. The SMILES string of the molecule is CC(NC(=NCC(=O)N(C)C)NCc1ncc(C(C)(C)C)o1)c1ccccc1. The van der Waals surface area contributed by atoms with Gasteiger partial charge in [0.1, 0.15) is 12.3 Å². The van der Waals surface area contributed by atoms with Gasteiger partial charge in [-0.05, 0) is 12.5 Å². The van der Waals surface area contributed by atoms with Crippen molar-refractivity contribution < 1.29 is 9.21 Å². The van der Waals surface area contributed by atoms with Crippen LogP contribution >= 0.6 is 0 Å². The fourth-order valence-corrected chi connectivity index (χ4v) is 2.37. The number of carbonyl (C=O) groups excluding carboxylic acids is 1. The molecule has 1 aromatic carbocycles. The van der Waals surface area contributed by atoms with Gasteiger partial charge < -0.3 is 20.0 Å². The van der Waals surface area contributed by atoms with E-state index in [1.807, 2.05) is 37.3 Å². The Bertz CT molecular complexity index is 791. The average molecular weight is 386 g/mol. The lowest BCUT2D eigenvalue weighted by atomic mass is 9.94. The number of oxazole rings is 1. The van der Waals surface area contributed by atoms with Crippen LogP contribution in [0.2, 0.25) is 0 Å². The van der Waals surface area contributed by atoms with Gasteiger partial charge in [0, 0.05) is 19.5 Å². The predicted molar refractivity (Wildman–Crippen MR) is 111 cm³/mol. The summed E-state index contributed by atoms with van der Waals surface area (Å²) in [4.78, 5) is 22.2. The maximum absolute atomic E-state index is 11.9. The van der Waals surface area contributed by atoms with Crippen molar-refractivity contribution in [3.05, 3.63) is 53.7 Å². The molecule has 0 bridgehead atoms. The molecule has 0 saturated carbocycles. The summed E-state index contributed by atoms with van der Waals surface area (Å²) in [6, 6.07) is 10.1. The summed E-state index contributed by atoms with van der Waals surface area (Å²) in [6.45, 7) is 8.71. The van der Waals surface area contributed by atoms with E-state index in [9.17, 15) is 4.79 Å². The van der Waals surface area contributed by atoms with E-state index in [0.717, 1.165) is 11.3 Å². The number of benzene rings is 1. The summed E-state index contributed by atoms with van der Waals surface area (Å²) in [5.74, 6) is 1.86. The van der Waals surface area contributed by atoms with Crippen molar-refractivity contribution in [1.29, 1.82) is 0 Å². The van der Waals surface area contributed by atoms with Crippen LogP contribution in [0.3, 0.4) is 0 Å². The molecule has 152 valence electrons. The zero-order valence-corrected chi connectivity index (χ0v) is 17.6. The first-order valence-corrected chi connectivity index (χ1v) is 9.42. The van der Waals surface area contributed by atoms with Crippen LogP contribution in [0.4, 0.5) is 0 Å². The normalized spacial score (nSPS) is 13.1. The summed E-state index contributed by atoms with van der Waals surface area (Å²) in [5, 5.41) is 6.54. The van der Waals surface area contributed by atoms with Gasteiger partial charge >= 0.3 is 0 Å². The summed E-state index contributed by atoms with van der Waals surface area (Å²) in [5.41, 5.74) is 1.03. The van der Waals surface area contributed by atoms with Crippen molar-refractivity contribution in [1.82, 2.24) is 20.5 Å². The van der Waals surface area contributed by atoms with E-state index in [0.29, 0.717) is 18.4 Å². The van der Waals surface area contributed by atoms with Crippen molar-refractivity contribution in [3.63, 3.8) is 0 Å². The van der Waals surface area contributed by atoms with Crippen LogP contribution in [0, 0.1) is 0 Å². The molecule has 1 unspecified atom stereocenters. The molecule has 0 aliphatic carbocycles. The standard InChI is InChI=1S/C21H31N5O2/c1-15(16-10-8-7-9-11-16)25-20(24-14-19(27)26(5)6)23-13-18-22-12-17(28-18)21(2,3)4/h7-12,15H,13-14H2,1-6H3,(H2,23,24,25). The smallest absolute Gasteiger partial charge is 0.243 e. The zero-order valence-electron chi connectivity index (χ0n) is 17.6. The Labute approximate surface area is 167 Å². The molecule has 1 atom stereocenters. The zero-order chi connectivity index (χ0) is 20.7. The number of guanidine groups is 1. The van der Waals surface area contributed by atoms with E-state index in [1.54, 1.807) is 20.3 Å². The van der Waals surface area contributed by atoms with E-state index in [-0.39, 0.29) is 23.9 Å². The number of aliphatic imine (C=N–C) groups is 1. The number of amides is 1. The van der Waals surface area contributed by atoms with Crippen LogP contribution in [0.15, 0.2) is 45.9 Å². The molecule has 0 spiro atoms. The van der Waals surface area contributed by atoms with E-state index in [1.165, 1.54) is 4.90 Å². The Hall–Kier alpha value is -2.83. The highest BCUT2D eigenvalue weighted by Gasteiger charge is 2.19. The van der Waals surface area contributed by atoms with Crippen molar-refractivity contribution >= 4 is 11.9 Å². The highest BCUT2D eigenvalue weighted by atomic mass is 16.4. The van der Waals surface area contributed by atoms with Crippen molar-refractivity contribution in [2.24, 2.45) is 4.99 Å². The molecule has 1 amide bonds. The van der Waals surface area contributed by atoms with Gasteiger partial charge in [-0.2, -0.15) is 0 Å². The predicted octanol–water partition coefficient (Wildman–Crippen LogP) is 2.86. The number of hydrogen-bond donors (Lipinski definition) is 2. The fourth-order valence-electron chi connectivity index (χ4n) is 2.37. The van der Waals surface area contributed by atoms with Crippen LogP contribution in [-0.2, 0) is 16.8 Å². The number of rotatable bonds is 6. The van der Waals surface area contributed by atoms with Crippen molar-refractivity contribution in [3.8, 4) is 0 Å². The van der Waals surface area contributed by atoms with E-state index in [4.69, 9.17) is 4.42 Å². The number of carbonyl (C=O) groups is 1. The van der Waals surface area contributed by atoms with Crippen LogP contribution in [0.25, 0.3) is 0 Å². The van der Waals surface area contributed by atoms with Gasteiger partial charge in [0.2, 0.25) is 11.8 Å². The molecule has 7 nitrogen and oxygen atoms in total. The molecule has 0 aliphatic rings. The molecule has 1 aromatic heterocycles. The molecule has 1 heterocycles. The third-order valence-electron chi connectivity index (χ3n) is 4.22. The summed E-state index contributed by atoms with van der Waals surface area (Å²) < 4.78 is 5.82. The molecule has 7 heteroatoms. The van der Waals surface area contributed by atoms with Crippen molar-refractivity contribution in [2.45, 2.75) is 45.7 Å². The number of aromatic nitrogens is 1. The third-order valence-corrected chi connectivity index (χ3v) is 4.22. The lowest BCUT2D eigenvalue weighted by Gasteiger charge is -2.18. The average Bonchev–Trinajstić information content (AvgIpc) is 3.13. The lowest BCUT2D eigenvalue weighted by molar-refractivity contribution is -0.127. The van der Waals surface area contributed by atoms with Crippen LogP contribution < -0.4 is 10.6 Å². The summed E-state index contributed by atoms with van der Waals surface area (Å²) in [6.07, 6.45) is 1.75. The van der Waals surface area contributed by atoms with E-state index >= 15 is 0 Å². The van der Waals surface area contributed by atoms with Gasteiger partial charge in [-0.25, -0.2) is 9.98 Å². The van der Waals surface area contributed by atoms with Crippen molar-refractivity contribution in [2.75, 3.05) is 20.6 Å². The van der Waals surface area contributed by atoms with Gasteiger partial charge in [-0.15, -0.1) is 0 Å². The molecular formula is C21H31N5O2. The minimum atomic E-state index is -0.0969. The summed E-state index contributed by atoms with van der Waals surface area (Å²) >= 11 is 0. The number of likely N-dealkylation sites (N-methyl/N-ethyl adjacent to an activating group) is 1. The molecule has 0 radical (unpaired) electrons. The topological polar surface area (TPSA) is 82.8 Å². The van der Waals surface area contributed by atoms with Gasteiger partial charge in [0.05, 0.1) is 18.8 Å². The number of nitrogens with one attached hydrogen (secondary N) is 2. The van der Waals surface area contributed by atoms with Crippen LogP contribution in [0.1, 0.15) is 51.0 Å². The van der Waals surface area contributed by atoms with Gasteiger partial charge in [-0.3, -0.25) is 4.79 Å². The number of hydrogen-bond acceptors (Lipinski definition) is 4. The molecule has 2 aromatic rings. The minimum Gasteiger partial charge on any atom is -0.443 e. The molecule has 2 N–H and O–H groups in total. The molecule has 28 heavy (non-hydrogen) atoms. The minimum absolute atomic E-state index is 0.0246. The van der Waals surface area contributed by atoms with Gasteiger partial charge in [0.15, 0.2) is 5.96 Å². The van der Waals surface area contributed by atoms with E-state index < -0.39 is 0 Å². The first-order valence-electron chi connectivity index (χ1n) is 9.42. The van der Waals surface area contributed by atoms with Gasteiger partial charge in [-0.1, -0.05) is 51.1 Å². The van der Waals surface area contributed by atoms with Gasteiger partial charge in [0.25, 0.3) is 0 Å². The maximum Gasteiger partial charge on any atom is 0.243 e. The molecule has 0 saturated heterocycles. The Balaban J connectivity index is 2.08. The Kier molecular flexibility index (Phi) is 7.20. The number of nitrogens with zero attached hydrogens (tertiary/aromatic N) is 3. The first-order chi connectivity index (χ1) is 13.2. The molecule has 2 rings (SSSR count). The second kappa shape index (κ2) is 9.39. The van der Waals surface area contributed by atoms with Crippen LogP contribution in [0.5, 0.6) is 0 Å². The molecule has 0 fully saturated rings. The quantitative estimate of drug-likeness (QED) is 0.590. The monoisotopic (exact) mass is 385 g/mol. The molecular weight excluding hydrogens is 354 g/mol. The third kappa shape index (κ3) is 6.40. The Morgan fingerprint density at radius 1 is 1.25 bits per heavy atom. The van der Waals surface area contributed by atoms with E-state index in [2.05, 4.69) is 41.4 Å². The Morgan fingerprint density at radius 3 is 2.50 bits per heavy atom. The fraction of sp³-hybridized carbons (Fsp3) is 0.476. The van der Waals surface area contributed by atoms with Crippen LogP contribution in [-0.4, -0.2) is 42.4 Å². The molecule has 0 aliphatic heterocycles.